The zero-order chi connectivity index (χ0) is 16.7. The summed E-state index contributed by atoms with van der Waals surface area (Å²) in [5.74, 6) is -0.136. The molecule has 2 aromatic carbocycles. The molecule has 122 valence electrons. The number of hydrogen-bond donors (Lipinski definition) is 2. The number of carbonyl (C=O) groups is 1. The Kier molecular flexibility index (Phi) is 6.11. The second kappa shape index (κ2) is 8.29. The van der Waals surface area contributed by atoms with Gasteiger partial charge in [0.2, 0.25) is 0 Å². The molecule has 1 unspecified atom stereocenters. The van der Waals surface area contributed by atoms with E-state index in [9.17, 15) is 14.3 Å². The van der Waals surface area contributed by atoms with E-state index in [1.807, 2.05) is 6.92 Å². The fourth-order valence-electron chi connectivity index (χ4n) is 2.06. The van der Waals surface area contributed by atoms with Crippen LogP contribution in [0.25, 0.3) is 0 Å². The van der Waals surface area contributed by atoms with Crippen LogP contribution in [0.4, 0.5) is 4.39 Å². The van der Waals surface area contributed by atoms with Crippen LogP contribution in [0.15, 0.2) is 48.5 Å². The van der Waals surface area contributed by atoms with Crippen molar-refractivity contribution in [2.75, 3.05) is 6.61 Å². The lowest BCUT2D eigenvalue weighted by molar-refractivity contribution is -0.123. The molecule has 0 aromatic heterocycles. The lowest BCUT2D eigenvalue weighted by Gasteiger charge is -2.10. The molecule has 1 amide bonds. The number of nitrogens with one attached hydrogen (secondary N) is 1. The minimum Gasteiger partial charge on any atom is -0.484 e. The fraction of sp³-hybridized carbons (Fsp3) is 0.278. The summed E-state index contributed by atoms with van der Waals surface area (Å²) >= 11 is 0. The Hall–Kier alpha value is -2.40. The Bertz CT molecular complexity index is 643. The summed E-state index contributed by atoms with van der Waals surface area (Å²) in [4.78, 5) is 11.7. The molecule has 5 heteroatoms. The van der Waals surface area contributed by atoms with Crippen LogP contribution in [0.3, 0.4) is 0 Å². The summed E-state index contributed by atoms with van der Waals surface area (Å²) in [5.41, 5.74) is 1.24. The number of aliphatic hydroxyl groups excluding tert-OH is 1. The van der Waals surface area contributed by atoms with E-state index >= 15 is 0 Å². The maximum absolute atomic E-state index is 13.4. The molecular formula is C18H20FNO3. The highest BCUT2D eigenvalue weighted by Crippen LogP contribution is 2.19. The zero-order valence-corrected chi connectivity index (χ0v) is 13.0. The van der Waals surface area contributed by atoms with Gasteiger partial charge in [-0.2, -0.15) is 0 Å². The number of amides is 1. The SMILES string of the molecule is CCC(O)c1ccc(OCC(=O)NCc2ccccc2F)cc1. The predicted molar refractivity (Wildman–Crippen MR) is 85.4 cm³/mol. The van der Waals surface area contributed by atoms with Gasteiger partial charge in [0.1, 0.15) is 11.6 Å². The molecule has 2 N–H and O–H groups in total. The molecule has 0 fully saturated rings. The quantitative estimate of drug-likeness (QED) is 0.825. The maximum atomic E-state index is 13.4. The molecule has 23 heavy (non-hydrogen) atoms. The van der Waals surface area contributed by atoms with Gasteiger partial charge in [0.25, 0.3) is 5.91 Å². The molecule has 4 nitrogen and oxygen atoms in total. The minimum atomic E-state index is -0.492. The number of ether oxygens (including phenoxy) is 1. The van der Waals surface area contributed by atoms with Gasteiger partial charge in [-0.1, -0.05) is 37.3 Å². The summed E-state index contributed by atoms with van der Waals surface area (Å²) in [6.45, 7) is 1.87. The number of benzene rings is 2. The average Bonchev–Trinajstić information content (AvgIpc) is 2.59. The highest BCUT2D eigenvalue weighted by molar-refractivity contribution is 5.77. The first kappa shape index (κ1) is 17.0. The highest BCUT2D eigenvalue weighted by atomic mass is 19.1. The van der Waals surface area contributed by atoms with Gasteiger partial charge in [-0.15, -0.1) is 0 Å². The Morgan fingerprint density at radius 2 is 1.91 bits per heavy atom. The third-order valence-corrected chi connectivity index (χ3v) is 3.46. The van der Waals surface area contributed by atoms with Crippen molar-refractivity contribution in [2.24, 2.45) is 0 Å². The van der Waals surface area contributed by atoms with Gasteiger partial charge in [0.15, 0.2) is 6.61 Å². The second-order valence-corrected chi connectivity index (χ2v) is 5.15. The van der Waals surface area contributed by atoms with Crippen molar-refractivity contribution in [2.45, 2.75) is 26.0 Å². The molecule has 0 saturated carbocycles. The van der Waals surface area contributed by atoms with Crippen molar-refractivity contribution >= 4 is 5.91 Å². The summed E-state index contributed by atoms with van der Waals surface area (Å²) in [5, 5.41) is 12.3. The Balaban J connectivity index is 1.79. The predicted octanol–water partition coefficient (Wildman–Crippen LogP) is 2.96. The third kappa shape index (κ3) is 5.07. The molecule has 0 heterocycles. The number of halogens is 1. The van der Waals surface area contributed by atoms with Gasteiger partial charge in [-0.3, -0.25) is 4.79 Å². The van der Waals surface area contributed by atoms with Crippen molar-refractivity contribution in [3.05, 3.63) is 65.5 Å². The lowest BCUT2D eigenvalue weighted by Crippen LogP contribution is -2.28. The largest absolute Gasteiger partial charge is 0.484 e. The van der Waals surface area contributed by atoms with Crippen LogP contribution in [0.2, 0.25) is 0 Å². The van der Waals surface area contributed by atoms with Crippen LogP contribution >= 0.6 is 0 Å². The normalized spacial score (nSPS) is 11.8. The number of hydrogen-bond acceptors (Lipinski definition) is 3. The first-order chi connectivity index (χ1) is 11.1. The first-order valence-corrected chi connectivity index (χ1v) is 7.51. The van der Waals surface area contributed by atoms with Crippen molar-refractivity contribution in [1.29, 1.82) is 0 Å². The van der Waals surface area contributed by atoms with Gasteiger partial charge >= 0.3 is 0 Å². The standard InChI is InChI=1S/C18H20FNO3/c1-2-17(21)13-7-9-15(10-8-13)23-12-18(22)20-11-14-5-3-4-6-16(14)19/h3-10,17,21H,2,11-12H2,1H3,(H,20,22). The van der Waals surface area contributed by atoms with E-state index in [4.69, 9.17) is 4.74 Å². The molecular weight excluding hydrogens is 297 g/mol. The van der Waals surface area contributed by atoms with Crippen LogP contribution in [0.1, 0.15) is 30.6 Å². The molecule has 0 aliphatic heterocycles. The molecule has 1 atom stereocenters. The van der Waals surface area contributed by atoms with Crippen molar-refractivity contribution in [1.82, 2.24) is 5.32 Å². The molecule has 2 rings (SSSR count). The zero-order valence-electron chi connectivity index (χ0n) is 13.0. The molecule has 2 aromatic rings. The van der Waals surface area contributed by atoms with Crippen molar-refractivity contribution in [3.8, 4) is 5.75 Å². The Morgan fingerprint density at radius 3 is 2.57 bits per heavy atom. The van der Waals surface area contributed by atoms with Gasteiger partial charge in [0.05, 0.1) is 6.10 Å². The highest BCUT2D eigenvalue weighted by Gasteiger charge is 2.07. The summed E-state index contributed by atoms with van der Waals surface area (Å²) in [7, 11) is 0. The van der Waals surface area contributed by atoms with E-state index in [2.05, 4.69) is 5.32 Å². The van der Waals surface area contributed by atoms with E-state index in [1.54, 1.807) is 42.5 Å². The van der Waals surface area contributed by atoms with Gasteiger partial charge < -0.3 is 15.2 Å². The topological polar surface area (TPSA) is 58.6 Å². The Labute approximate surface area is 134 Å². The summed E-state index contributed by atoms with van der Waals surface area (Å²) in [6.07, 6.45) is 0.145. The van der Waals surface area contributed by atoms with Crippen LogP contribution in [0, 0.1) is 5.82 Å². The Morgan fingerprint density at radius 1 is 1.22 bits per heavy atom. The molecule has 0 aliphatic rings. The maximum Gasteiger partial charge on any atom is 0.258 e. The average molecular weight is 317 g/mol. The first-order valence-electron chi connectivity index (χ1n) is 7.51. The second-order valence-electron chi connectivity index (χ2n) is 5.15. The fourth-order valence-corrected chi connectivity index (χ4v) is 2.06. The van der Waals surface area contributed by atoms with Crippen molar-refractivity contribution in [3.63, 3.8) is 0 Å². The molecule has 0 saturated heterocycles. The van der Waals surface area contributed by atoms with Crippen LogP contribution in [-0.4, -0.2) is 17.6 Å². The molecule has 0 bridgehead atoms. The monoisotopic (exact) mass is 317 g/mol. The van der Waals surface area contributed by atoms with Gasteiger partial charge in [-0.05, 0) is 30.2 Å². The van der Waals surface area contributed by atoms with E-state index in [0.29, 0.717) is 17.7 Å². The molecule has 0 spiro atoms. The van der Waals surface area contributed by atoms with Crippen LogP contribution in [-0.2, 0) is 11.3 Å². The third-order valence-electron chi connectivity index (χ3n) is 3.46. The van der Waals surface area contributed by atoms with Gasteiger partial charge in [0, 0.05) is 12.1 Å². The van der Waals surface area contributed by atoms with E-state index in [1.165, 1.54) is 6.07 Å². The lowest BCUT2D eigenvalue weighted by atomic mass is 10.1. The van der Waals surface area contributed by atoms with E-state index < -0.39 is 6.10 Å². The van der Waals surface area contributed by atoms with Gasteiger partial charge in [-0.25, -0.2) is 4.39 Å². The van der Waals surface area contributed by atoms with E-state index in [0.717, 1.165) is 5.56 Å². The number of carbonyl (C=O) groups excluding carboxylic acids is 1. The number of rotatable bonds is 7. The summed E-state index contributed by atoms with van der Waals surface area (Å²) < 4.78 is 18.8. The number of aliphatic hydroxyl groups is 1. The minimum absolute atomic E-state index is 0.122. The smallest absolute Gasteiger partial charge is 0.258 e. The van der Waals surface area contributed by atoms with E-state index in [-0.39, 0.29) is 24.9 Å². The van der Waals surface area contributed by atoms with Crippen molar-refractivity contribution < 1.29 is 19.0 Å². The molecule has 0 radical (unpaired) electrons. The van der Waals surface area contributed by atoms with Crippen LogP contribution in [0.5, 0.6) is 5.75 Å². The van der Waals surface area contributed by atoms with Crippen LogP contribution < -0.4 is 10.1 Å². The summed E-state index contributed by atoms with van der Waals surface area (Å²) in [6, 6.07) is 13.2. The molecule has 0 aliphatic carbocycles.